The average Bonchev–Trinajstić information content (AvgIpc) is 2.64. The van der Waals surface area contributed by atoms with Crippen LogP contribution in [0.2, 0.25) is 5.15 Å². The summed E-state index contributed by atoms with van der Waals surface area (Å²) < 4.78 is 1.92. The van der Waals surface area contributed by atoms with Gasteiger partial charge in [0.2, 0.25) is 0 Å². The molecule has 0 aliphatic carbocycles. The minimum Gasteiger partial charge on any atom is -0.394 e. The fourth-order valence-electron chi connectivity index (χ4n) is 1.70. The topological polar surface area (TPSA) is 63.5 Å². The van der Waals surface area contributed by atoms with E-state index in [1.54, 1.807) is 0 Å². The van der Waals surface area contributed by atoms with Gasteiger partial charge in [-0.1, -0.05) is 24.6 Å². The molecule has 2 aromatic rings. The number of halogens is 1. The van der Waals surface area contributed by atoms with Crippen LogP contribution in [-0.4, -0.2) is 21.1 Å². The van der Waals surface area contributed by atoms with Crippen molar-refractivity contribution in [2.75, 3.05) is 6.61 Å². The van der Waals surface area contributed by atoms with E-state index >= 15 is 0 Å². The van der Waals surface area contributed by atoms with Gasteiger partial charge in [0.15, 0.2) is 5.15 Å². The molecule has 0 amide bonds. The number of aliphatic hydroxyl groups excluding tert-OH is 1. The fourth-order valence-corrected chi connectivity index (χ4v) is 1.95. The maximum absolute atomic E-state index is 9.02. The molecule has 86 valence electrons. The zero-order valence-electron chi connectivity index (χ0n) is 9.02. The van der Waals surface area contributed by atoms with Crippen LogP contribution >= 0.6 is 11.6 Å². The Morgan fingerprint density at radius 1 is 1.56 bits per heavy atom. The van der Waals surface area contributed by atoms with E-state index in [0.29, 0.717) is 5.15 Å². The summed E-state index contributed by atoms with van der Waals surface area (Å²) >= 11 is 6.01. The summed E-state index contributed by atoms with van der Waals surface area (Å²) in [6, 6.07) is 3.37. The molecule has 16 heavy (non-hydrogen) atoms. The highest BCUT2D eigenvalue weighted by molar-refractivity contribution is 6.32. The number of nitrogens with zero attached hydrogens (tertiary/aromatic N) is 2. The standard InChI is InChI=1S/C11H14ClN3O/c1-2-10-14-11(12)9-4-3-7(5-15(9)10)8(13)6-16/h3-5,8,16H,2,6,13H2,1H3. The van der Waals surface area contributed by atoms with Crippen LogP contribution in [0.4, 0.5) is 0 Å². The first kappa shape index (κ1) is 11.4. The molecule has 1 unspecified atom stereocenters. The third-order valence-corrected chi connectivity index (χ3v) is 2.91. The van der Waals surface area contributed by atoms with Crippen molar-refractivity contribution < 1.29 is 5.11 Å². The second kappa shape index (κ2) is 4.41. The van der Waals surface area contributed by atoms with E-state index in [4.69, 9.17) is 22.4 Å². The van der Waals surface area contributed by atoms with Crippen LogP contribution in [0.15, 0.2) is 18.3 Å². The van der Waals surface area contributed by atoms with Crippen molar-refractivity contribution in [3.05, 3.63) is 34.9 Å². The Balaban J connectivity index is 2.59. The number of aryl methyl sites for hydroxylation is 1. The first-order chi connectivity index (χ1) is 7.67. The number of aliphatic hydroxyl groups is 1. The number of imidazole rings is 1. The van der Waals surface area contributed by atoms with Gasteiger partial charge in [0.05, 0.1) is 18.2 Å². The lowest BCUT2D eigenvalue weighted by Crippen LogP contribution is -2.15. The zero-order valence-corrected chi connectivity index (χ0v) is 9.78. The van der Waals surface area contributed by atoms with E-state index in [2.05, 4.69) is 4.98 Å². The predicted molar refractivity (Wildman–Crippen MR) is 63.6 cm³/mol. The van der Waals surface area contributed by atoms with E-state index in [1.165, 1.54) is 0 Å². The van der Waals surface area contributed by atoms with Gasteiger partial charge in [-0.15, -0.1) is 0 Å². The Bertz CT molecular complexity index is 509. The van der Waals surface area contributed by atoms with Crippen LogP contribution < -0.4 is 5.73 Å². The van der Waals surface area contributed by atoms with Gasteiger partial charge in [-0.3, -0.25) is 0 Å². The third kappa shape index (κ3) is 1.80. The smallest absolute Gasteiger partial charge is 0.155 e. The molecule has 1 atom stereocenters. The normalized spacial score (nSPS) is 13.2. The summed E-state index contributed by atoms with van der Waals surface area (Å²) in [5.74, 6) is 0.895. The largest absolute Gasteiger partial charge is 0.394 e. The van der Waals surface area contributed by atoms with E-state index in [-0.39, 0.29) is 12.6 Å². The van der Waals surface area contributed by atoms with E-state index in [1.807, 2.05) is 29.7 Å². The van der Waals surface area contributed by atoms with Crippen molar-refractivity contribution >= 4 is 17.1 Å². The highest BCUT2D eigenvalue weighted by Crippen LogP contribution is 2.21. The third-order valence-electron chi connectivity index (χ3n) is 2.63. The van der Waals surface area contributed by atoms with Crippen molar-refractivity contribution in [1.82, 2.24) is 9.38 Å². The quantitative estimate of drug-likeness (QED) is 0.854. The van der Waals surface area contributed by atoms with Gasteiger partial charge in [0.1, 0.15) is 5.82 Å². The van der Waals surface area contributed by atoms with Crippen LogP contribution in [0.3, 0.4) is 0 Å². The molecular formula is C11H14ClN3O. The molecular weight excluding hydrogens is 226 g/mol. The lowest BCUT2D eigenvalue weighted by Gasteiger charge is -2.09. The molecule has 0 aliphatic heterocycles. The summed E-state index contributed by atoms with van der Waals surface area (Å²) in [4.78, 5) is 4.26. The number of pyridine rings is 1. The molecule has 0 spiro atoms. The minimum absolute atomic E-state index is 0.0740. The second-order valence-electron chi connectivity index (χ2n) is 3.68. The SMILES string of the molecule is CCc1nc(Cl)c2ccc(C(N)CO)cn12. The predicted octanol–water partition coefficient (Wildman–Crippen LogP) is 1.54. The van der Waals surface area contributed by atoms with Gasteiger partial charge in [0, 0.05) is 12.6 Å². The monoisotopic (exact) mass is 239 g/mol. The van der Waals surface area contributed by atoms with Gasteiger partial charge in [-0.2, -0.15) is 0 Å². The highest BCUT2D eigenvalue weighted by atomic mass is 35.5. The average molecular weight is 240 g/mol. The second-order valence-corrected chi connectivity index (χ2v) is 4.04. The van der Waals surface area contributed by atoms with Crippen molar-refractivity contribution in [3.63, 3.8) is 0 Å². The van der Waals surface area contributed by atoms with E-state index < -0.39 is 0 Å². The molecule has 2 rings (SSSR count). The number of hydrogen-bond donors (Lipinski definition) is 2. The first-order valence-corrected chi connectivity index (χ1v) is 5.58. The van der Waals surface area contributed by atoms with Gasteiger partial charge in [-0.05, 0) is 11.6 Å². The molecule has 0 fully saturated rings. The number of rotatable bonds is 3. The number of hydrogen-bond acceptors (Lipinski definition) is 3. The van der Waals surface area contributed by atoms with Gasteiger partial charge >= 0.3 is 0 Å². The molecule has 5 heteroatoms. The Labute approximate surface area is 98.7 Å². The Morgan fingerprint density at radius 2 is 2.31 bits per heavy atom. The molecule has 2 heterocycles. The van der Waals surface area contributed by atoms with Crippen LogP contribution in [0.25, 0.3) is 5.52 Å². The summed E-state index contributed by atoms with van der Waals surface area (Å²) in [7, 11) is 0. The Hall–Kier alpha value is -1.10. The van der Waals surface area contributed by atoms with Crippen molar-refractivity contribution in [3.8, 4) is 0 Å². The maximum atomic E-state index is 9.02. The minimum atomic E-state index is -0.365. The number of nitrogens with two attached hydrogens (primary N) is 1. The lowest BCUT2D eigenvalue weighted by molar-refractivity contribution is 0.267. The molecule has 0 aromatic carbocycles. The Morgan fingerprint density at radius 3 is 2.94 bits per heavy atom. The maximum Gasteiger partial charge on any atom is 0.155 e. The van der Waals surface area contributed by atoms with Gasteiger partial charge in [-0.25, -0.2) is 4.98 Å². The molecule has 3 N–H and O–H groups in total. The van der Waals surface area contributed by atoms with E-state index in [9.17, 15) is 0 Å². The highest BCUT2D eigenvalue weighted by Gasteiger charge is 2.10. The summed E-state index contributed by atoms with van der Waals surface area (Å²) in [6.07, 6.45) is 2.68. The summed E-state index contributed by atoms with van der Waals surface area (Å²) in [5.41, 5.74) is 7.51. The van der Waals surface area contributed by atoms with Gasteiger partial charge in [0.25, 0.3) is 0 Å². The van der Waals surface area contributed by atoms with Crippen molar-refractivity contribution in [2.45, 2.75) is 19.4 Å². The zero-order chi connectivity index (χ0) is 11.7. The number of aromatic nitrogens is 2. The lowest BCUT2D eigenvalue weighted by atomic mass is 10.1. The van der Waals surface area contributed by atoms with Crippen LogP contribution in [-0.2, 0) is 6.42 Å². The number of fused-ring (bicyclic) bond motifs is 1. The van der Waals surface area contributed by atoms with Crippen molar-refractivity contribution in [1.29, 1.82) is 0 Å². The Kier molecular flexibility index (Phi) is 3.14. The fraction of sp³-hybridized carbons (Fsp3) is 0.364. The molecule has 4 nitrogen and oxygen atoms in total. The summed E-state index contributed by atoms with van der Waals surface area (Å²) in [5, 5.41) is 9.52. The van der Waals surface area contributed by atoms with Crippen molar-refractivity contribution in [2.24, 2.45) is 5.73 Å². The molecule has 2 aromatic heterocycles. The van der Waals surface area contributed by atoms with Crippen LogP contribution in [0.1, 0.15) is 24.4 Å². The van der Waals surface area contributed by atoms with E-state index in [0.717, 1.165) is 23.3 Å². The molecule has 0 bridgehead atoms. The molecule has 0 aliphatic rings. The molecule has 0 radical (unpaired) electrons. The molecule has 0 saturated carbocycles. The van der Waals surface area contributed by atoms with Crippen LogP contribution in [0, 0.1) is 0 Å². The van der Waals surface area contributed by atoms with Crippen LogP contribution in [0.5, 0.6) is 0 Å². The first-order valence-electron chi connectivity index (χ1n) is 5.20. The van der Waals surface area contributed by atoms with Gasteiger partial charge < -0.3 is 15.2 Å². The molecule has 0 saturated heterocycles. The summed E-state index contributed by atoms with van der Waals surface area (Å²) in [6.45, 7) is 1.94.